The highest BCUT2D eigenvalue weighted by molar-refractivity contribution is 5.81. The zero-order chi connectivity index (χ0) is 14.7. The first kappa shape index (κ1) is 17.7. The summed E-state index contributed by atoms with van der Waals surface area (Å²) in [5.41, 5.74) is 10.7. The summed E-state index contributed by atoms with van der Waals surface area (Å²) in [5.74, 6) is -0.110. The van der Waals surface area contributed by atoms with Crippen LogP contribution in [0.4, 0.5) is 4.79 Å². The molecule has 0 heterocycles. The molecule has 0 aromatic carbocycles. The monoisotopic (exact) mass is 273 g/mol. The Morgan fingerprint density at radius 3 is 2.32 bits per heavy atom. The molecule has 0 aliphatic heterocycles. The van der Waals surface area contributed by atoms with Gasteiger partial charge < -0.3 is 27.0 Å². The molecular weight excluding hydrogens is 246 g/mol. The highest BCUT2D eigenvalue weighted by Gasteiger charge is 2.11. The minimum atomic E-state index is -0.525. The van der Waals surface area contributed by atoms with Crippen LogP contribution in [0.1, 0.15) is 25.7 Å². The van der Waals surface area contributed by atoms with E-state index in [0.717, 1.165) is 25.8 Å². The molecule has 0 aliphatic rings. The van der Waals surface area contributed by atoms with E-state index in [4.69, 9.17) is 11.5 Å². The molecule has 3 amide bonds. The Balaban J connectivity index is 3.51. The number of hydrogen-bond donors (Lipinski definition) is 4. The van der Waals surface area contributed by atoms with E-state index in [1.807, 2.05) is 14.1 Å². The normalized spacial score (nSPS) is 12.2. The first-order valence-corrected chi connectivity index (χ1v) is 6.64. The largest absolute Gasteiger partial charge is 0.355 e. The van der Waals surface area contributed by atoms with Gasteiger partial charge in [-0.05, 0) is 46.3 Å². The van der Waals surface area contributed by atoms with Gasteiger partial charge >= 0.3 is 6.03 Å². The molecule has 1 unspecified atom stereocenters. The number of carbonyl (C=O) groups excluding carboxylic acids is 2. The molecule has 0 aliphatic carbocycles. The van der Waals surface area contributed by atoms with Crippen molar-refractivity contribution in [2.24, 2.45) is 11.5 Å². The Kier molecular flexibility index (Phi) is 9.82. The van der Waals surface area contributed by atoms with Crippen molar-refractivity contribution in [1.82, 2.24) is 15.5 Å². The van der Waals surface area contributed by atoms with Crippen LogP contribution in [0.25, 0.3) is 0 Å². The summed E-state index contributed by atoms with van der Waals surface area (Å²) in [6, 6.07) is -1.00. The molecule has 0 saturated carbocycles. The van der Waals surface area contributed by atoms with Crippen molar-refractivity contribution >= 4 is 11.9 Å². The lowest BCUT2D eigenvalue weighted by molar-refractivity contribution is -0.122. The van der Waals surface area contributed by atoms with Gasteiger partial charge in [0.1, 0.15) is 0 Å². The first-order chi connectivity index (χ1) is 8.93. The van der Waals surface area contributed by atoms with Gasteiger partial charge in [0.05, 0.1) is 6.04 Å². The predicted molar refractivity (Wildman–Crippen MR) is 75.6 cm³/mol. The maximum atomic E-state index is 11.6. The minimum absolute atomic E-state index is 0.110. The third-order valence-electron chi connectivity index (χ3n) is 2.66. The molecule has 0 saturated heterocycles. The van der Waals surface area contributed by atoms with Crippen molar-refractivity contribution in [3.63, 3.8) is 0 Å². The van der Waals surface area contributed by atoms with Crippen LogP contribution in [0.3, 0.4) is 0 Å². The Bertz CT molecular complexity index is 271. The zero-order valence-corrected chi connectivity index (χ0v) is 11.9. The van der Waals surface area contributed by atoms with E-state index in [-0.39, 0.29) is 5.91 Å². The van der Waals surface area contributed by atoms with E-state index in [1.165, 1.54) is 0 Å². The summed E-state index contributed by atoms with van der Waals surface area (Å²) in [6.07, 6.45) is 3.07. The van der Waals surface area contributed by atoms with Crippen LogP contribution in [0.5, 0.6) is 0 Å². The van der Waals surface area contributed by atoms with E-state index >= 15 is 0 Å². The van der Waals surface area contributed by atoms with Crippen molar-refractivity contribution in [1.29, 1.82) is 0 Å². The number of rotatable bonds is 10. The van der Waals surface area contributed by atoms with Gasteiger partial charge in [0.15, 0.2) is 0 Å². The second-order valence-electron chi connectivity index (χ2n) is 4.84. The van der Waals surface area contributed by atoms with Gasteiger partial charge in [-0.3, -0.25) is 4.79 Å². The molecule has 1 atom stereocenters. The second-order valence-corrected chi connectivity index (χ2v) is 4.84. The van der Waals surface area contributed by atoms with Crippen molar-refractivity contribution in [3.8, 4) is 0 Å². The van der Waals surface area contributed by atoms with E-state index in [2.05, 4.69) is 15.5 Å². The average Bonchev–Trinajstić information content (AvgIpc) is 2.33. The fourth-order valence-corrected chi connectivity index (χ4v) is 1.57. The van der Waals surface area contributed by atoms with Gasteiger partial charge in [0.2, 0.25) is 5.91 Å². The van der Waals surface area contributed by atoms with Gasteiger partial charge in [-0.2, -0.15) is 0 Å². The maximum Gasteiger partial charge on any atom is 0.312 e. The van der Waals surface area contributed by atoms with Crippen LogP contribution in [0.2, 0.25) is 0 Å². The number of urea groups is 1. The van der Waals surface area contributed by atoms with Crippen LogP contribution in [-0.4, -0.2) is 56.6 Å². The number of carbonyl (C=O) groups is 2. The number of amides is 3. The molecule has 0 spiro atoms. The van der Waals surface area contributed by atoms with Gasteiger partial charge in [0, 0.05) is 13.1 Å². The molecule has 0 radical (unpaired) electrons. The first-order valence-electron chi connectivity index (χ1n) is 6.64. The number of nitrogens with zero attached hydrogens (tertiary/aromatic N) is 1. The maximum absolute atomic E-state index is 11.6. The molecule has 6 N–H and O–H groups in total. The summed E-state index contributed by atoms with van der Waals surface area (Å²) in [7, 11) is 3.99. The molecular formula is C12H27N5O2. The Morgan fingerprint density at radius 1 is 1.11 bits per heavy atom. The average molecular weight is 273 g/mol. The lowest BCUT2D eigenvalue weighted by atomic mass is 10.1. The Morgan fingerprint density at radius 2 is 1.74 bits per heavy atom. The van der Waals surface area contributed by atoms with E-state index in [0.29, 0.717) is 19.5 Å². The summed E-state index contributed by atoms with van der Waals surface area (Å²) in [6.45, 7) is 2.11. The summed E-state index contributed by atoms with van der Waals surface area (Å²) >= 11 is 0. The van der Waals surface area contributed by atoms with Crippen LogP contribution in [0, 0.1) is 0 Å². The number of unbranched alkanes of at least 4 members (excludes halogenated alkanes) is 1. The molecule has 0 aromatic rings. The van der Waals surface area contributed by atoms with Crippen LogP contribution < -0.4 is 22.1 Å². The standard InChI is InChI=1S/C12H27N5O2/c1-17(2)9-5-8-15-11(18)10(13)6-3-4-7-16-12(14)19/h10H,3-9,13H2,1-2H3,(H,15,18)(H3,14,16,19). The third-order valence-corrected chi connectivity index (χ3v) is 2.66. The van der Waals surface area contributed by atoms with Crippen LogP contribution in [0.15, 0.2) is 0 Å². The highest BCUT2D eigenvalue weighted by Crippen LogP contribution is 1.98. The lowest BCUT2D eigenvalue weighted by Crippen LogP contribution is -2.41. The van der Waals surface area contributed by atoms with Crippen molar-refractivity contribution in [3.05, 3.63) is 0 Å². The molecule has 0 rings (SSSR count). The van der Waals surface area contributed by atoms with E-state index < -0.39 is 12.1 Å². The molecule has 19 heavy (non-hydrogen) atoms. The van der Waals surface area contributed by atoms with Gasteiger partial charge in [-0.15, -0.1) is 0 Å². The Hall–Kier alpha value is -1.34. The molecule has 0 fully saturated rings. The summed E-state index contributed by atoms with van der Waals surface area (Å²) in [4.78, 5) is 24.1. The fraction of sp³-hybridized carbons (Fsp3) is 0.833. The molecule has 0 bridgehead atoms. The fourth-order valence-electron chi connectivity index (χ4n) is 1.57. The zero-order valence-electron chi connectivity index (χ0n) is 11.9. The van der Waals surface area contributed by atoms with Gasteiger partial charge in [0.25, 0.3) is 0 Å². The number of hydrogen-bond acceptors (Lipinski definition) is 4. The number of nitrogens with one attached hydrogen (secondary N) is 2. The third kappa shape index (κ3) is 11.5. The summed E-state index contributed by atoms with van der Waals surface area (Å²) in [5, 5.41) is 5.31. The Labute approximate surface area is 115 Å². The summed E-state index contributed by atoms with van der Waals surface area (Å²) < 4.78 is 0. The molecule has 112 valence electrons. The number of nitrogens with two attached hydrogens (primary N) is 2. The molecule has 0 aromatic heterocycles. The van der Waals surface area contributed by atoms with Crippen molar-refractivity contribution in [2.45, 2.75) is 31.7 Å². The van der Waals surface area contributed by atoms with E-state index in [9.17, 15) is 9.59 Å². The molecule has 7 heteroatoms. The van der Waals surface area contributed by atoms with E-state index in [1.54, 1.807) is 0 Å². The van der Waals surface area contributed by atoms with Crippen LogP contribution in [-0.2, 0) is 4.79 Å². The predicted octanol–water partition coefficient (Wildman–Crippen LogP) is -0.780. The minimum Gasteiger partial charge on any atom is -0.355 e. The number of primary amides is 1. The smallest absolute Gasteiger partial charge is 0.312 e. The SMILES string of the molecule is CN(C)CCCNC(=O)C(N)CCCCNC(N)=O. The highest BCUT2D eigenvalue weighted by atomic mass is 16.2. The second kappa shape index (κ2) is 10.6. The van der Waals surface area contributed by atoms with Crippen LogP contribution >= 0.6 is 0 Å². The van der Waals surface area contributed by atoms with Crippen molar-refractivity contribution < 1.29 is 9.59 Å². The van der Waals surface area contributed by atoms with Gasteiger partial charge in [-0.25, -0.2) is 4.79 Å². The molecule has 7 nitrogen and oxygen atoms in total. The topological polar surface area (TPSA) is 113 Å². The lowest BCUT2D eigenvalue weighted by Gasteiger charge is -2.13. The van der Waals surface area contributed by atoms with Gasteiger partial charge in [-0.1, -0.05) is 0 Å². The van der Waals surface area contributed by atoms with Crippen molar-refractivity contribution in [2.75, 3.05) is 33.7 Å². The quantitative estimate of drug-likeness (QED) is 0.391.